The molecule has 102 valence electrons. The minimum Gasteiger partial charge on any atom is -0.495 e. The monoisotopic (exact) mass is 287 g/mol. The molecule has 0 fully saturated rings. The zero-order valence-electron chi connectivity index (χ0n) is 11.0. The molecule has 0 radical (unpaired) electrons. The summed E-state index contributed by atoms with van der Waals surface area (Å²) in [6.07, 6.45) is 3.98. The van der Waals surface area contributed by atoms with Crippen molar-refractivity contribution in [1.82, 2.24) is 9.38 Å². The maximum atomic E-state index is 6.00. The van der Waals surface area contributed by atoms with Crippen LogP contribution in [0.15, 0.2) is 48.8 Å². The molecule has 0 spiro atoms. The van der Waals surface area contributed by atoms with Crippen LogP contribution in [0.2, 0.25) is 5.02 Å². The lowest BCUT2D eigenvalue weighted by Crippen LogP contribution is -2.01. The summed E-state index contributed by atoms with van der Waals surface area (Å²) in [6.45, 7) is 0.610. The van der Waals surface area contributed by atoms with Gasteiger partial charge in [-0.05, 0) is 30.3 Å². The molecule has 3 aromatic rings. The van der Waals surface area contributed by atoms with Crippen molar-refractivity contribution < 1.29 is 4.74 Å². The first-order valence-electron chi connectivity index (χ1n) is 6.26. The van der Waals surface area contributed by atoms with E-state index in [-0.39, 0.29) is 0 Å². The quantitative estimate of drug-likeness (QED) is 0.797. The van der Waals surface area contributed by atoms with Crippen LogP contribution in [0.5, 0.6) is 5.75 Å². The summed E-state index contributed by atoms with van der Waals surface area (Å²) in [5.41, 5.74) is 2.75. The standard InChI is InChI=1S/C15H14ClN3O/c1-20-14-6-5-11(16)8-13(14)17-9-12-10-19-7-3-2-4-15(19)18-12/h2-8,10,17H,9H2,1H3. The van der Waals surface area contributed by atoms with Crippen molar-refractivity contribution in [1.29, 1.82) is 0 Å². The third-order valence-corrected chi connectivity index (χ3v) is 3.27. The first-order valence-corrected chi connectivity index (χ1v) is 6.64. The summed E-state index contributed by atoms with van der Waals surface area (Å²) < 4.78 is 7.29. The van der Waals surface area contributed by atoms with Crippen molar-refractivity contribution >= 4 is 22.9 Å². The minimum absolute atomic E-state index is 0.610. The molecule has 0 amide bonds. The van der Waals surface area contributed by atoms with Crippen molar-refractivity contribution in [3.63, 3.8) is 0 Å². The summed E-state index contributed by atoms with van der Waals surface area (Å²) >= 11 is 6.00. The second kappa shape index (κ2) is 5.43. The molecule has 0 aliphatic carbocycles. The first kappa shape index (κ1) is 12.8. The van der Waals surface area contributed by atoms with Crippen LogP contribution in [0.25, 0.3) is 5.65 Å². The number of ether oxygens (including phenoxy) is 1. The van der Waals surface area contributed by atoms with E-state index in [0.717, 1.165) is 22.8 Å². The van der Waals surface area contributed by atoms with Crippen molar-refractivity contribution in [3.05, 3.63) is 59.5 Å². The summed E-state index contributed by atoms with van der Waals surface area (Å²) in [7, 11) is 1.64. The number of nitrogens with one attached hydrogen (secondary N) is 1. The highest BCUT2D eigenvalue weighted by atomic mass is 35.5. The number of benzene rings is 1. The molecule has 0 saturated heterocycles. The minimum atomic E-state index is 0.610. The number of nitrogens with zero attached hydrogens (tertiary/aromatic N) is 2. The second-order valence-electron chi connectivity index (χ2n) is 4.40. The Morgan fingerprint density at radius 3 is 3.00 bits per heavy atom. The normalized spacial score (nSPS) is 10.7. The number of methoxy groups -OCH3 is 1. The fourth-order valence-electron chi connectivity index (χ4n) is 2.08. The molecule has 3 rings (SSSR count). The molecule has 0 aliphatic heterocycles. The van der Waals surface area contributed by atoms with Crippen molar-refractivity contribution in [2.24, 2.45) is 0 Å². The van der Waals surface area contributed by atoms with Gasteiger partial charge in [0.2, 0.25) is 0 Å². The van der Waals surface area contributed by atoms with Gasteiger partial charge in [-0.15, -0.1) is 0 Å². The van der Waals surface area contributed by atoms with E-state index >= 15 is 0 Å². The summed E-state index contributed by atoms with van der Waals surface area (Å²) in [5, 5.41) is 3.97. The Bertz CT molecular complexity index is 706. The van der Waals surface area contributed by atoms with Gasteiger partial charge in [0.1, 0.15) is 11.4 Å². The number of anilines is 1. The number of imidazole rings is 1. The average Bonchev–Trinajstić information content (AvgIpc) is 2.88. The molecule has 1 aromatic carbocycles. The van der Waals surface area contributed by atoms with Crippen LogP contribution < -0.4 is 10.1 Å². The summed E-state index contributed by atoms with van der Waals surface area (Å²) in [6, 6.07) is 11.4. The van der Waals surface area contributed by atoms with Gasteiger partial charge in [-0.2, -0.15) is 0 Å². The largest absolute Gasteiger partial charge is 0.495 e. The first-order chi connectivity index (χ1) is 9.76. The maximum absolute atomic E-state index is 6.00. The Balaban J connectivity index is 1.80. The summed E-state index contributed by atoms with van der Waals surface area (Å²) in [4.78, 5) is 4.53. The fraction of sp³-hybridized carbons (Fsp3) is 0.133. The van der Waals surface area contributed by atoms with E-state index in [1.54, 1.807) is 13.2 Å². The highest BCUT2D eigenvalue weighted by Gasteiger charge is 2.05. The second-order valence-corrected chi connectivity index (χ2v) is 4.83. The number of aromatic nitrogens is 2. The van der Waals surface area contributed by atoms with E-state index in [4.69, 9.17) is 16.3 Å². The predicted molar refractivity (Wildman–Crippen MR) is 80.5 cm³/mol. The topological polar surface area (TPSA) is 38.6 Å². The van der Waals surface area contributed by atoms with Gasteiger partial charge in [0.15, 0.2) is 0 Å². The average molecular weight is 288 g/mol. The number of pyridine rings is 1. The van der Waals surface area contributed by atoms with Gasteiger partial charge in [0.25, 0.3) is 0 Å². The van der Waals surface area contributed by atoms with E-state index in [9.17, 15) is 0 Å². The lowest BCUT2D eigenvalue weighted by molar-refractivity contribution is 0.416. The van der Waals surface area contributed by atoms with E-state index < -0.39 is 0 Å². The van der Waals surface area contributed by atoms with Crippen LogP contribution in [0.3, 0.4) is 0 Å². The van der Waals surface area contributed by atoms with Crippen LogP contribution >= 0.6 is 11.6 Å². The highest BCUT2D eigenvalue weighted by molar-refractivity contribution is 6.30. The van der Waals surface area contributed by atoms with E-state index in [2.05, 4.69) is 10.3 Å². The Kier molecular flexibility index (Phi) is 3.48. The molecule has 0 unspecified atom stereocenters. The Morgan fingerprint density at radius 1 is 1.30 bits per heavy atom. The van der Waals surface area contributed by atoms with Crippen LogP contribution in [0.1, 0.15) is 5.69 Å². The third-order valence-electron chi connectivity index (χ3n) is 3.04. The zero-order chi connectivity index (χ0) is 13.9. The van der Waals surface area contributed by atoms with Crippen LogP contribution in [0, 0.1) is 0 Å². The molecule has 0 atom stereocenters. The van der Waals surface area contributed by atoms with Crippen molar-refractivity contribution in [2.75, 3.05) is 12.4 Å². The highest BCUT2D eigenvalue weighted by Crippen LogP contribution is 2.28. The number of hydrogen-bond donors (Lipinski definition) is 1. The molecule has 2 heterocycles. The Morgan fingerprint density at radius 2 is 2.20 bits per heavy atom. The Hall–Kier alpha value is -2.20. The number of fused-ring (bicyclic) bond motifs is 1. The van der Waals surface area contributed by atoms with Crippen molar-refractivity contribution in [3.8, 4) is 5.75 Å². The molecule has 2 aromatic heterocycles. The van der Waals surface area contributed by atoms with Gasteiger partial charge in [-0.1, -0.05) is 17.7 Å². The van der Waals surface area contributed by atoms with Gasteiger partial charge in [0.05, 0.1) is 25.0 Å². The maximum Gasteiger partial charge on any atom is 0.142 e. The third kappa shape index (κ3) is 2.56. The van der Waals surface area contributed by atoms with Gasteiger partial charge in [-0.3, -0.25) is 0 Å². The van der Waals surface area contributed by atoms with Gasteiger partial charge >= 0.3 is 0 Å². The lowest BCUT2D eigenvalue weighted by Gasteiger charge is -2.10. The molecule has 4 nitrogen and oxygen atoms in total. The van der Waals surface area contributed by atoms with E-state index in [1.165, 1.54) is 0 Å². The SMILES string of the molecule is COc1ccc(Cl)cc1NCc1cn2ccccc2n1. The lowest BCUT2D eigenvalue weighted by atomic mass is 10.3. The molecule has 20 heavy (non-hydrogen) atoms. The van der Waals surface area contributed by atoms with Gasteiger partial charge < -0.3 is 14.5 Å². The molecule has 0 saturated carbocycles. The van der Waals surface area contributed by atoms with E-state index in [0.29, 0.717) is 11.6 Å². The van der Waals surface area contributed by atoms with Crippen molar-refractivity contribution in [2.45, 2.75) is 6.54 Å². The molecule has 0 aliphatic rings. The molecular formula is C15H14ClN3O. The van der Waals surface area contributed by atoms with Gasteiger partial charge in [-0.25, -0.2) is 4.98 Å². The van der Waals surface area contributed by atoms with Crippen LogP contribution in [0.4, 0.5) is 5.69 Å². The van der Waals surface area contributed by atoms with Crippen LogP contribution in [-0.4, -0.2) is 16.5 Å². The van der Waals surface area contributed by atoms with Crippen LogP contribution in [-0.2, 0) is 6.54 Å². The fourth-order valence-corrected chi connectivity index (χ4v) is 2.25. The molecular weight excluding hydrogens is 274 g/mol. The molecule has 5 heteroatoms. The molecule has 1 N–H and O–H groups in total. The number of hydrogen-bond acceptors (Lipinski definition) is 3. The molecule has 0 bridgehead atoms. The van der Waals surface area contributed by atoms with Gasteiger partial charge in [0, 0.05) is 17.4 Å². The number of rotatable bonds is 4. The number of halogens is 1. The smallest absolute Gasteiger partial charge is 0.142 e. The van der Waals surface area contributed by atoms with E-state index in [1.807, 2.05) is 47.1 Å². The summed E-state index contributed by atoms with van der Waals surface area (Å²) in [5.74, 6) is 0.762. The predicted octanol–water partition coefficient (Wildman–Crippen LogP) is 3.61. The zero-order valence-corrected chi connectivity index (χ0v) is 11.8. The Labute approximate surface area is 122 Å².